The Morgan fingerprint density at radius 1 is 1.00 bits per heavy atom. The number of rotatable bonds is 5. The van der Waals surface area contributed by atoms with Gasteiger partial charge in [-0.15, -0.1) is 0 Å². The van der Waals surface area contributed by atoms with Gasteiger partial charge in [-0.05, 0) is 64.8 Å². The van der Waals surface area contributed by atoms with E-state index in [0.29, 0.717) is 29.3 Å². The molecule has 8 heteroatoms. The Morgan fingerprint density at radius 3 is 2.45 bits per heavy atom. The molecule has 0 bridgehead atoms. The summed E-state index contributed by atoms with van der Waals surface area (Å²) in [5, 5.41) is 1.58. The predicted octanol–water partition coefficient (Wildman–Crippen LogP) is 5.04. The Balaban J connectivity index is 1.60. The first-order valence-electron chi connectivity index (χ1n) is 10.6. The van der Waals surface area contributed by atoms with Crippen LogP contribution < -0.4 is 14.7 Å². The summed E-state index contributed by atoms with van der Waals surface area (Å²) in [5.74, 6) is -1.63. The number of hydrogen-bond donors (Lipinski definition) is 0. The minimum Gasteiger partial charge on any atom is -0.492 e. The molecule has 0 aliphatic carbocycles. The number of hydrogen-bond acceptors (Lipinski definition) is 5. The topological polar surface area (TPSA) is 59.1 Å². The van der Waals surface area contributed by atoms with E-state index in [2.05, 4.69) is 15.9 Å². The van der Waals surface area contributed by atoms with Gasteiger partial charge in [-0.3, -0.25) is 14.4 Å². The van der Waals surface area contributed by atoms with Crippen molar-refractivity contribution in [3.63, 3.8) is 0 Å². The van der Waals surface area contributed by atoms with Gasteiger partial charge in [0.1, 0.15) is 17.5 Å². The minimum absolute atomic E-state index is 0.270. The maximum absolute atomic E-state index is 14.0. The van der Waals surface area contributed by atoms with Crippen LogP contribution in [0, 0.1) is 11.7 Å². The van der Waals surface area contributed by atoms with E-state index in [0.717, 1.165) is 4.90 Å². The van der Waals surface area contributed by atoms with Crippen molar-refractivity contribution in [2.75, 3.05) is 16.6 Å². The average molecular weight is 511 g/mol. The lowest BCUT2D eigenvalue weighted by molar-refractivity contribution is -0.126. The van der Waals surface area contributed by atoms with Crippen molar-refractivity contribution >= 4 is 39.1 Å². The van der Waals surface area contributed by atoms with Gasteiger partial charge in [-0.1, -0.05) is 36.4 Å². The van der Waals surface area contributed by atoms with E-state index in [9.17, 15) is 14.0 Å². The van der Waals surface area contributed by atoms with Crippen LogP contribution in [-0.4, -0.2) is 24.5 Å². The molecule has 0 spiro atoms. The summed E-state index contributed by atoms with van der Waals surface area (Å²) in [7, 11) is 0. The average Bonchev–Trinajstić information content (AvgIpc) is 3.33. The first-order valence-corrected chi connectivity index (χ1v) is 11.4. The van der Waals surface area contributed by atoms with Crippen LogP contribution in [0.25, 0.3) is 0 Å². The number of hydroxylamine groups is 1. The zero-order chi connectivity index (χ0) is 23.1. The third kappa shape index (κ3) is 3.59. The quantitative estimate of drug-likeness (QED) is 0.450. The van der Waals surface area contributed by atoms with Crippen LogP contribution in [0.2, 0.25) is 0 Å². The van der Waals surface area contributed by atoms with Crippen LogP contribution in [0.3, 0.4) is 0 Å². The summed E-state index contributed by atoms with van der Waals surface area (Å²) >= 11 is 3.23. The van der Waals surface area contributed by atoms with E-state index in [1.165, 1.54) is 6.07 Å². The number of ether oxygens (including phenoxy) is 1. The fourth-order valence-corrected chi connectivity index (χ4v) is 4.80. The lowest BCUT2D eigenvalue weighted by atomic mass is 9.90. The number of para-hydroxylation sites is 3. The van der Waals surface area contributed by atoms with Crippen molar-refractivity contribution in [1.29, 1.82) is 0 Å². The number of nitrogens with zero attached hydrogens (tertiary/aromatic N) is 2. The molecule has 0 unspecified atom stereocenters. The number of carbonyl (C=O) groups excluding carboxylic acids is 2. The highest BCUT2D eigenvalue weighted by Crippen LogP contribution is 2.48. The number of halogens is 2. The minimum atomic E-state index is -1.01. The first-order chi connectivity index (χ1) is 16.0. The molecule has 2 fully saturated rings. The molecule has 2 heterocycles. The van der Waals surface area contributed by atoms with Gasteiger partial charge in [0, 0.05) is 0 Å². The third-order valence-electron chi connectivity index (χ3n) is 5.82. The van der Waals surface area contributed by atoms with Crippen molar-refractivity contribution in [3.05, 3.63) is 88.6 Å². The lowest BCUT2D eigenvalue weighted by Crippen LogP contribution is -2.37. The SMILES string of the molecule is CCOc1ccccc1N1C(=O)[C@@H]2[C@H](ON(c3ccccc3)[C@@H]2c2ccc(F)c(Br)c2)C1=O. The molecular weight excluding hydrogens is 491 g/mol. The summed E-state index contributed by atoms with van der Waals surface area (Å²) in [6.07, 6.45) is -1.01. The highest BCUT2D eigenvalue weighted by atomic mass is 79.9. The van der Waals surface area contributed by atoms with Gasteiger partial charge in [-0.2, -0.15) is 0 Å². The van der Waals surface area contributed by atoms with Gasteiger partial charge in [0.15, 0.2) is 6.10 Å². The van der Waals surface area contributed by atoms with E-state index in [-0.39, 0.29) is 10.4 Å². The van der Waals surface area contributed by atoms with Gasteiger partial charge < -0.3 is 4.74 Å². The Hall–Kier alpha value is -3.23. The van der Waals surface area contributed by atoms with Gasteiger partial charge in [-0.25, -0.2) is 14.4 Å². The molecule has 5 rings (SSSR count). The number of anilines is 2. The Kier molecular flexibility index (Phi) is 5.64. The summed E-state index contributed by atoms with van der Waals surface area (Å²) in [4.78, 5) is 34.4. The molecule has 0 aromatic heterocycles. The van der Waals surface area contributed by atoms with E-state index < -0.39 is 29.8 Å². The van der Waals surface area contributed by atoms with E-state index in [1.54, 1.807) is 41.5 Å². The van der Waals surface area contributed by atoms with Crippen LogP contribution in [0.1, 0.15) is 18.5 Å². The van der Waals surface area contributed by atoms with Gasteiger partial charge in [0.2, 0.25) is 5.91 Å². The Bertz CT molecular complexity index is 1220. The van der Waals surface area contributed by atoms with E-state index >= 15 is 0 Å². The first kappa shape index (κ1) is 21.6. The number of amides is 2. The van der Waals surface area contributed by atoms with Crippen molar-refractivity contribution in [1.82, 2.24) is 0 Å². The third-order valence-corrected chi connectivity index (χ3v) is 6.42. The van der Waals surface area contributed by atoms with Crippen LogP contribution in [0.4, 0.5) is 15.8 Å². The Labute approximate surface area is 198 Å². The molecule has 6 nitrogen and oxygen atoms in total. The molecule has 2 amide bonds. The molecule has 0 saturated carbocycles. The van der Waals surface area contributed by atoms with Gasteiger partial charge in [0.25, 0.3) is 5.91 Å². The Morgan fingerprint density at radius 2 is 1.73 bits per heavy atom. The molecule has 2 aliphatic heterocycles. The molecule has 2 aliphatic rings. The zero-order valence-electron chi connectivity index (χ0n) is 17.7. The van der Waals surface area contributed by atoms with Crippen LogP contribution in [0.15, 0.2) is 77.3 Å². The monoisotopic (exact) mass is 510 g/mol. The van der Waals surface area contributed by atoms with Crippen LogP contribution in [-0.2, 0) is 14.4 Å². The van der Waals surface area contributed by atoms with Crippen molar-refractivity contribution in [2.45, 2.75) is 19.1 Å². The van der Waals surface area contributed by atoms with E-state index in [4.69, 9.17) is 9.57 Å². The molecule has 2 saturated heterocycles. The predicted molar refractivity (Wildman–Crippen MR) is 124 cm³/mol. The maximum Gasteiger partial charge on any atom is 0.266 e. The molecule has 0 N–H and O–H groups in total. The maximum atomic E-state index is 14.0. The lowest BCUT2D eigenvalue weighted by Gasteiger charge is -2.29. The van der Waals surface area contributed by atoms with Crippen molar-refractivity contribution in [2.24, 2.45) is 5.92 Å². The van der Waals surface area contributed by atoms with Crippen LogP contribution >= 0.6 is 15.9 Å². The zero-order valence-corrected chi connectivity index (χ0v) is 19.2. The second-order valence-corrected chi connectivity index (χ2v) is 8.60. The summed E-state index contributed by atoms with van der Waals surface area (Å²) in [6.45, 7) is 2.23. The molecule has 33 heavy (non-hydrogen) atoms. The summed E-state index contributed by atoms with van der Waals surface area (Å²) < 4.78 is 19.9. The summed E-state index contributed by atoms with van der Waals surface area (Å²) in [6, 6.07) is 20.1. The van der Waals surface area contributed by atoms with E-state index in [1.807, 2.05) is 37.3 Å². The largest absolute Gasteiger partial charge is 0.492 e. The molecular formula is C25H20BrFN2O4. The number of fused-ring (bicyclic) bond motifs is 1. The molecule has 0 radical (unpaired) electrons. The molecule has 3 aromatic carbocycles. The number of benzene rings is 3. The summed E-state index contributed by atoms with van der Waals surface area (Å²) in [5.41, 5.74) is 1.73. The molecule has 3 aromatic rings. The van der Waals surface area contributed by atoms with Gasteiger partial charge >= 0.3 is 0 Å². The second kappa shape index (κ2) is 8.61. The van der Waals surface area contributed by atoms with Crippen molar-refractivity contribution < 1.29 is 23.6 Å². The van der Waals surface area contributed by atoms with Crippen molar-refractivity contribution in [3.8, 4) is 5.75 Å². The standard InChI is InChI=1S/C25H20BrFN2O4/c1-2-32-20-11-7-6-10-19(20)28-24(30)21-22(15-12-13-18(27)17(26)14-15)29(33-23(21)25(28)31)16-8-4-3-5-9-16/h3-14,21-23H,2H2,1H3/t21-,22+,23-/m0/s1. The second-order valence-electron chi connectivity index (χ2n) is 7.74. The number of imide groups is 1. The highest BCUT2D eigenvalue weighted by molar-refractivity contribution is 9.10. The fourth-order valence-electron chi connectivity index (χ4n) is 4.41. The smallest absolute Gasteiger partial charge is 0.266 e. The van der Waals surface area contributed by atoms with Gasteiger partial charge in [0.05, 0.1) is 28.5 Å². The van der Waals surface area contributed by atoms with Crippen LogP contribution in [0.5, 0.6) is 5.75 Å². The normalized spacial score (nSPS) is 22.1. The fraction of sp³-hybridized carbons (Fsp3) is 0.200. The number of carbonyl (C=O) groups is 2. The molecule has 168 valence electrons. The highest BCUT2D eigenvalue weighted by Gasteiger charge is 2.60. The molecule has 3 atom stereocenters.